The van der Waals surface area contributed by atoms with Gasteiger partial charge in [0.2, 0.25) is 0 Å². The van der Waals surface area contributed by atoms with Crippen LogP contribution in [0.3, 0.4) is 0 Å². The van der Waals surface area contributed by atoms with Crippen LogP contribution in [0.5, 0.6) is 0 Å². The Hall–Kier alpha value is -2.06. The number of aryl methyl sites for hydroxylation is 3. The minimum Gasteiger partial charge on any atom is -0.481 e. The largest absolute Gasteiger partial charge is 0.481 e. The van der Waals surface area contributed by atoms with Crippen LogP contribution in [0, 0.1) is 20.8 Å². The summed E-state index contributed by atoms with van der Waals surface area (Å²) in [6.07, 6.45) is 1.18. The van der Waals surface area contributed by atoms with E-state index in [1.165, 1.54) is 4.88 Å². The van der Waals surface area contributed by atoms with Crippen LogP contribution in [0.4, 0.5) is 10.9 Å². The Bertz CT molecular complexity index is 757. The number of carbonyl (C=O) groups is 1. The van der Waals surface area contributed by atoms with Gasteiger partial charge in [0.05, 0.1) is 17.8 Å². The van der Waals surface area contributed by atoms with E-state index >= 15 is 0 Å². The average Bonchev–Trinajstić information content (AvgIpc) is 3.12. The standard InChI is InChI=1S/C17H23N5O2S/c1-10-11(2)25-17(18-10)21-15-8-14(19-12(3)20-15)13-4-6-22(9-13)7-5-16(23)24/h8,13H,4-7,9H2,1-3H3,(H,23,24)(H,18,19,20,21)/t13-/m1/s1. The molecule has 0 spiro atoms. The molecular weight excluding hydrogens is 338 g/mol. The van der Waals surface area contributed by atoms with Crippen molar-refractivity contribution in [2.75, 3.05) is 25.0 Å². The van der Waals surface area contributed by atoms with E-state index in [0.29, 0.717) is 12.5 Å². The summed E-state index contributed by atoms with van der Waals surface area (Å²) in [5, 5.41) is 13.0. The van der Waals surface area contributed by atoms with Crippen LogP contribution in [-0.4, -0.2) is 50.6 Å². The molecule has 1 saturated heterocycles. The molecule has 1 atom stereocenters. The number of rotatable bonds is 6. The summed E-state index contributed by atoms with van der Waals surface area (Å²) in [7, 11) is 0. The van der Waals surface area contributed by atoms with Gasteiger partial charge in [0, 0.05) is 30.0 Å². The predicted octanol–water partition coefficient (Wildman–Crippen LogP) is 2.87. The molecule has 7 nitrogen and oxygen atoms in total. The van der Waals surface area contributed by atoms with Gasteiger partial charge in [0.25, 0.3) is 0 Å². The van der Waals surface area contributed by atoms with Crippen LogP contribution < -0.4 is 5.32 Å². The van der Waals surface area contributed by atoms with Gasteiger partial charge >= 0.3 is 5.97 Å². The van der Waals surface area contributed by atoms with E-state index in [2.05, 4.69) is 32.1 Å². The number of hydrogen-bond acceptors (Lipinski definition) is 7. The second-order valence-corrected chi connectivity index (χ2v) is 7.64. The topological polar surface area (TPSA) is 91.2 Å². The molecule has 25 heavy (non-hydrogen) atoms. The maximum absolute atomic E-state index is 10.7. The zero-order valence-electron chi connectivity index (χ0n) is 14.7. The molecule has 0 amide bonds. The van der Waals surface area contributed by atoms with Crippen molar-refractivity contribution in [3.63, 3.8) is 0 Å². The molecule has 0 aliphatic carbocycles. The molecule has 0 unspecified atom stereocenters. The lowest BCUT2D eigenvalue weighted by Gasteiger charge is -2.15. The van der Waals surface area contributed by atoms with Gasteiger partial charge in [-0.3, -0.25) is 4.79 Å². The molecule has 2 aromatic heterocycles. The molecule has 134 valence electrons. The number of aliphatic carboxylic acids is 1. The molecule has 2 aromatic rings. The third kappa shape index (κ3) is 4.52. The number of thiazole rings is 1. The summed E-state index contributed by atoms with van der Waals surface area (Å²) in [6.45, 7) is 8.30. The van der Waals surface area contributed by atoms with Crippen molar-refractivity contribution in [2.45, 2.75) is 39.5 Å². The highest BCUT2D eigenvalue weighted by Gasteiger charge is 2.25. The molecule has 1 aliphatic rings. The van der Waals surface area contributed by atoms with E-state index in [0.717, 1.165) is 47.7 Å². The number of nitrogens with one attached hydrogen (secondary N) is 1. The minimum atomic E-state index is -0.748. The number of anilines is 2. The average molecular weight is 361 g/mol. The van der Waals surface area contributed by atoms with E-state index in [1.807, 2.05) is 19.9 Å². The number of carboxylic acid groups (broad SMARTS) is 1. The second-order valence-electron chi connectivity index (χ2n) is 6.44. The summed E-state index contributed by atoms with van der Waals surface area (Å²) in [5.74, 6) is 1.06. The predicted molar refractivity (Wildman–Crippen MR) is 97.7 cm³/mol. The minimum absolute atomic E-state index is 0.186. The fraction of sp³-hybridized carbons (Fsp3) is 0.529. The van der Waals surface area contributed by atoms with E-state index in [4.69, 9.17) is 5.11 Å². The van der Waals surface area contributed by atoms with Crippen LogP contribution >= 0.6 is 11.3 Å². The monoisotopic (exact) mass is 361 g/mol. The Kier molecular flexibility index (Phi) is 5.29. The zero-order valence-corrected chi connectivity index (χ0v) is 15.6. The molecule has 1 aliphatic heterocycles. The van der Waals surface area contributed by atoms with Crippen molar-refractivity contribution in [1.82, 2.24) is 19.9 Å². The molecule has 0 aromatic carbocycles. The smallest absolute Gasteiger partial charge is 0.304 e. The third-order valence-electron chi connectivity index (χ3n) is 4.45. The Morgan fingerprint density at radius 1 is 1.36 bits per heavy atom. The highest BCUT2D eigenvalue weighted by molar-refractivity contribution is 7.15. The second kappa shape index (κ2) is 7.45. The third-order valence-corrected chi connectivity index (χ3v) is 5.44. The Balaban J connectivity index is 1.70. The van der Waals surface area contributed by atoms with E-state index in [9.17, 15) is 4.79 Å². The SMILES string of the molecule is Cc1nc(Nc2nc(C)c(C)s2)cc([C@@H]2CCN(CCC(=O)O)C2)n1. The van der Waals surface area contributed by atoms with Crippen LogP contribution in [0.2, 0.25) is 0 Å². The normalized spacial score (nSPS) is 17.8. The first kappa shape index (κ1) is 17.8. The van der Waals surface area contributed by atoms with Gasteiger partial charge in [0.15, 0.2) is 5.13 Å². The number of nitrogens with zero attached hydrogens (tertiary/aromatic N) is 4. The van der Waals surface area contributed by atoms with Crippen LogP contribution in [0.1, 0.15) is 40.8 Å². The van der Waals surface area contributed by atoms with Crippen molar-refractivity contribution >= 4 is 28.3 Å². The van der Waals surface area contributed by atoms with Crippen molar-refractivity contribution < 1.29 is 9.90 Å². The van der Waals surface area contributed by atoms with Crippen molar-refractivity contribution in [3.8, 4) is 0 Å². The fourth-order valence-electron chi connectivity index (χ4n) is 3.03. The quantitative estimate of drug-likeness (QED) is 0.817. The van der Waals surface area contributed by atoms with Gasteiger partial charge in [-0.15, -0.1) is 11.3 Å². The zero-order chi connectivity index (χ0) is 18.0. The van der Waals surface area contributed by atoms with Crippen molar-refractivity contribution in [1.29, 1.82) is 0 Å². The molecule has 2 N–H and O–H groups in total. The van der Waals surface area contributed by atoms with Crippen LogP contribution in [0.25, 0.3) is 0 Å². The Labute approximate surface area is 151 Å². The van der Waals surface area contributed by atoms with Crippen molar-refractivity contribution in [3.05, 3.63) is 28.2 Å². The van der Waals surface area contributed by atoms with E-state index in [-0.39, 0.29) is 6.42 Å². The summed E-state index contributed by atoms with van der Waals surface area (Å²) in [6, 6.07) is 1.99. The molecule has 0 bridgehead atoms. The first-order valence-corrected chi connectivity index (χ1v) is 9.23. The summed E-state index contributed by atoms with van der Waals surface area (Å²) >= 11 is 1.62. The molecule has 8 heteroatoms. The fourth-order valence-corrected chi connectivity index (χ4v) is 3.85. The Morgan fingerprint density at radius 2 is 2.16 bits per heavy atom. The van der Waals surface area contributed by atoms with Gasteiger partial charge in [-0.2, -0.15) is 0 Å². The molecular formula is C17H23N5O2S. The first-order valence-electron chi connectivity index (χ1n) is 8.41. The molecule has 0 radical (unpaired) electrons. The molecule has 1 fully saturated rings. The van der Waals surface area contributed by atoms with Gasteiger partial charge in [-0.1, -0.05) is 0 Å². The van der Waals surface area contributed by atoms with Crippen LogP contribution in [-0.2, 0) is 4.79 Å². The van der Waals surface area contributed by atoms with Gasteiger partial charge in [-0.25, -0.2) is 15.0 Å². The summed E-state index contributed by atoms with van der Waals surface area (Å²) < 4.78 is 0. The lowest BCUT2D eigenvalue weighted by molar-refractivity contribution is -0.137. The maximum atomic E-state index is 10.7. The summed E-state index contributed by atoms with van der Waals surface area (Å²) in [4.78, 5) is 27.7. The van der Waals surface area contributed by atoms with Gasteiger partial charge in [-0.05, 0) is 33.7 Å². The molecule has 3 rings (SSSR count). The van der Waals surface area contributed by atoms with Crippen molar-refractivity contribution in [2.24, 2.45) is 0 Å². The van der Waals surface area contributed by atoms with Gasteiger partial charge in [0.1, 0.15) is 11.6 Å². The highest BCUT2D eigenvalue weighted by atomic mass is 32.1. The van der Waals surface area contributed by atoms with Crippen LogP contribution in [0.15, 0.2) is 6.07 Å². The molecule has 0 saturated carbocycles. The highest BCUT2D eigenvalue weighted by Crippen LogP contribution is 2.29. The first-order chi connectivity index (χ1) is 11.9. The van der Waals surface area contributed by atoms with E-state index < -0.39 is 5.97 Å². The summed E-state index contributed by atoms with van der Waals surface area (Å²) in [5.41, 5.74) is 2.04. The number of likely N-dealkylation sites (tertiary alicyclic amines) is 1. The molecule has 3 heterocycles. The van der Waals surface area contributed by atoms with E-state index in [1.54, 1.807) is 11.3 Å². The number of aromatic nitrogens is 3. The lowest BCUT2D eigenvalue weighted by Crippen LogP contribution is -2.23. The number of carboxylic acids is 1. The lowest BCUT2D eigenvalue weighted by atomic mass is 10.0. The van der Waals surface area contributed by atoms with Gasteiger partial charge < -0.3 is 15.3 Å². The Morgan fingerprint density at radius 3 is 2.84 bits per heavy atom. The maximum Gasteiger partial charge on any atom is 0.304 e. The number of hydrogen-bond donors (Lipinski definition) is 2.